The Labute approximate surface area is 89.4 Å². The third-order valence-corrected chi connectivity index (χ3v) is 2.83. The molecular weight excluding hydrogens is 331 g/mol. The first kappa shape index (κ1) is 12.7. The van der Waals surface area contributed by atoms with Gasteiger partial charge in [0, 0.05) is 0 Å². The van der Waals surface area contributed by atoms with Crippen molar-refractivity contribution >= 4 is 0 Å². The van der Waals surface area contributed by atoms with E-state index in [9.17, 15) is 0 Å². The maximum atomic E-state index is 5.41. The normalized spacial score (nSPS) is 10.6. The van der Waals surface area contributed by atoms with Crippen molar-refractivity contribution in [1.82, 2.24) is 0 Å². The van der Waals surface area contributed by atoms with Crippen molar-refractivity contribution in [2.24, 2.45) is 5.73 Å². The molecule has 2 N–H and O–H groups in total. The SMILES string of the molecule is NCCCCCCCCC[CH2][Au]. The Morgan fingerprint density at radius 1 is 0.667 bits per heavy atom. The van der Waals surface area contributed by atoms with Crippen LogP contribution in [0, 0.1) is 0 Å². The fraction of sp³-hybridized carbons (Fsp3) is 1.00. The van der Waals surface area contributed by atoms with E-state index >= 15 is 0 Å². The average Bonchev–Trinajstić information content (AvgIpc) is 2.10. The fourth-order valence-electron chi connectivity index (χ4n) is 1.28. The van der Waals surface area contributed by atoms with Crippen molar-refractivity contribution in [3.63, 3.8) is 0 Å². The predicted molar refractivity (Wildman–Crippen MR) is 50.8 cm³/mol. The summed E-state index contributed by atoms with van der Waals surface area (Å²) in [5, 5.41) is 0. The van der Waals surface area contributed by atoms with Gasteiger partial charge in [-0.05, 0) is 0 Å². The Hall–Kier alpha value is 0.700. The predicted octanol–water partition coefficient (Wildman–Crippen LogP) is 3.03. The minimum atomic E-state index is 0.869. The molecule has 0 saturated heterocycles. The summed E-state index contributed by atoms with van der Waals surface area (Å²) in [5.74, 6) is 0. The van der Waals surface area contributed by atoms with Crippen LogP contribution in [0.15, 0.2) is 0 Å². The van der Waals surface area contributed by atoms with Crippen LogP contribution in [-0.4, -0.2) is 6.54 Å². The van der Waals surface area contributed by atoms with Crippen molar-refractivity contribution in [3.8, 4) is 0 Å². The third kappa shape index (κ3) is 10.7. The van der Waals surface area contributed by atoms with Gasteiger partial charge in [-0.15, -0.1) is 0 Å². The average molecular weight is 353 g/mol. The molecule has 0 aromatic carbocycles. The Morgan fingerprint density at radius 2 is 1.08 bits per heavy atom. The zero-order valence-electron chi connectivity index (χ0n) is 7.95. The van der Waals surface area contributed by atoms with Gasteiger partial charge in [-0.3, -0.25) is 0 Å². The van der Waals surface area contributed by atoms with Gasteiger partial charge in [0.2, 0.25) is 0 Å². The molecule has 0 bridgehead atoms. The molecule has 0 aliphatic rings. The summed E-state index contributed by atoms with van der Waals surface area (Å²) in [6, 6.07) is 0. The van der Waals surface area contributed by atoms with Gasteiger partial charge in [0.15, 0.2) is 0 Å². The van der Waals surface area contributed by atoms with Gasteiger partial charge in [0.1, 0.15) is 0 Å². The van der Waals surface area contributed by atoms with Crippen LogP contribution in [0.4, 0.5) is 0 Å². The van der Waals surface area contributed by atoms with Crippen LogP contribution in [0.3, 0.4) is 0 Å². The molecule has 0 heterocycles. The first-order valence-corrected chi connectivity index (χ1v) is 6.65. The number of rotatable bonds is 9. The maximum absolute atomic E-state index is 5.41. The molecule has 0 aromatic rings. The second kappa shape index (κ2) is 11.7. The molecule has 1 nitrogen and oxygen atoms in total. The van der Waals surface area contributed by atoms with E-state index in [0.717, 1.165) is 6.54 Å². The zero-order chi connectivity index (χ0) is 9.07. The molecular formula is C10H22AuN. The van der Waals surface area contributed by atoms with Gasteiger partial charge in [-0.25, -0.2) is 0 Å². The van der Waals surface area contributed by atoms with E-state index < -0.39 is 0 Å². The van der Waals surface area contributed by atoms with Crippen LogP contribution in [0.5, 0.6) is 0 Å². The molecule has 0 fully saturated rings. The zero-order valence-corrected chi connectivity index (χ0v) is 10.1. The molecule has 0 aromatic heterocycles. The van der Waals surface area contributed by atoms with Crippen LogP contribution in [-0.2, 0) is 21.1 Å². The molecule has 0 rings (SSSR count). The van der Waals surface area contributed by atoms with Crippen molar-refractivity contribution in [2.75, 3.05) is 6.54 Å². The van der Waals surface area contributed by atoms with Crippen molar-refractivity contribution in [2.45, 2.75) is 56.0 Å². The van der Waals surface area contributed by atoms with Gasteiger partial charge in [-0.2, -0.15) is 0 Å². The Balaban J connectivity index is 2.73. The van der Waals surface area contributed by atoms with Crippen LogP contribution in [0.1, 0.15) is 51.4 Å². The molecule has 0 saturated carbocycles. The van der Waals surface area contributed by atoms with E-state index in [1.807, 2.05) is 0 Å². The van der Waals surface area contributed by atoms with Crippen molar-refractivity contribution < 1.29 is 21.1 Å². The van der Waals surface area contributed by atoms with Crippen molar-refractivity contribution in [1.29, 1.82) is 0 Å². The molecule has 0 aliphatic heterocycles. The monoisotopic (exact) mass is 353 g/mol. The molecule has 0 amide bonds. The number of hydrogen-bond acceptors (Lipinski definition) is 1. The summed E-state index contributed by atoms with van der Waals surface area (Å²) in [7, 11) is 0. The molecule has 0 radical (unpaired) electrons. The van der Waals surface area contributed by atoms with Gasteiger partial charge in [0.25, 0.3) is 0 Å². The standard InChI is InChI=1S/C10H22N.Au/c1-2-3-4-5-6-7-8-9-10-11;/h1-11H2;. The van der Waals surface area contributed by atoms with Crippen LogP contribution in [0.25, 0.3) is 0 Å². The second-order valence-electron chi connectivity index (χ2n) is 3.27. The summed E-state index contributed by atoms with van der Waals surface area (Å²) in [4.78, 5) is 0. The summed E-state index contributed by atoms with van der Waals surface area (Å²) in [6.07, 6.45) is 11.0. The van der Waals surface area contributed by atoms with Gasteiger partial charge < -0.3 is 0 Å². The summed E-state index contributed by atoms with van der Waals surface area (Å²) >= 11 is 2.61. The summed E-state index contributed by atoms with van der Waals surface area (Å²) in [6.45, 7) is 0.869. The van der Waals surface area contributed by atoms with E-state index in [2.05, 4.69) is 21.1 Å². The molecule has 0 spiro atoms. The van der Waals surface area contributed by atoms with E-state index in [1.165, 1.54) is 56.0 Å². The molecule has 12 heavy (non-hydrogen) atoms. The van der Waals surface area contributed by atoms with E-state index in [1.54, 1.807) is 0 Å². The molecule has 2 heteroatoms. The first-order chi connectivity index (χ1) is 5.91. The fourth-order valence-corrected chi connectivity index (χ4v) is 1.82. The van der Waals surface area contributed by atoms with E-state index in [-0.39, 0.29) is 0 Å². The first-order valence-electron chi connectivity index (χ1n) is 5.12. The number of nitrogens with two attached hydrogens (primary N) is 1. The molecule has 78 valence electrons. The summed E-state index contributed by atoms with van der Waals surface area (Å²) in [5.41, 5.74) is 5.41. The van der Waals surface area contributed by atoms with E-state index in [4.69, 9.17) is 5.73 Å². The van der Waals surface area contributed by atoms with Crippen LogP contribution < -0.4 is 5.73 Å². The van der Waals surface area contributed by atoms with Crippen molar-refractivity contribution in [3.05, 3.63) is 0 Å². The van der Waals surface area contributed by atoms with Gasteiger partial charge >= 0.3 is 89.4 Å². The van der Waals surface area contributed by atoms with Crippen LogP contribution >= 0.6 is 0 Å². The Kier molecular flexibility index (Phi) is 12.4. The number of unbranched alkanes of at least 4 members (excludes halogenated alkanes) is 7. The Bertz CT molecular complexity index is 66.2. The third-order valence-electron chi connectivity index (χ3n) is 2.06. The second-order valence-corrected chi connectivity index (χ2v) is 4.35. The molecule has 0 aliphatic carbocycles. The van der Waals surface area contributed by atoms with Gasteiger partial charge in [-0.1, -0.05) is 0 Å². The minimum absolute atomic E-state index is 0.869. The topological polar surface area (TPSA) is 26.0 Å². The van der Waals surface area contributed by atoms with Crippen LogP contribution in [0.2, 0.25) is 4.64 Å². The van der Waals surface area contributed by atoms with Gasteiger partial charge in [0.05, 0.1) is 0 Å². The Morgan fingerprint density at radius 3 is 1.50 bits per heavy atom. The quantitative estimate of drug-likeness (QED) is 0.501. The number of hydrogen-bond donors (Lipinski definition) is 1. The molecule has 0 atom stereocenters. The summed E-state index contributed by atoms with van der Waals surface area (Å²) < 4.78 is 1.30. The van der Waals surface area contributed by atoms with E-state index in [0.29, 0.717) is 0 Å². The molecule has 0 unspecified atom stereocenters.